The number of carbonyl (C=O) groups is 2. The minimum atomic E-state index is -0.563. The van der Waals surface area contributed by atoms with E-state index in [0.29, 0.717) is 23.2 Å². The first-order valence-electron chi connectivity index (χ1n) is 9.48. The number of methoxy groups -OCH3 is 1. The molecule has 2 aromatic heterocycles. The molecule has 0 aliphatic carbocycles. The fourth-order valence-corrected chi connectivity index (χ4v) is 3.51. The van der Waals surface area contributed by atoms with E-state index < -0.39 is 5.97 Å². The minimum Gasteiger partial charge on any atom is -0.493 e. The van der Waals surface area contributed by atoms with Gasteiger partial charge in [-0.25, -0.2) is 4.79 Å². The van der Waals surface area contributed by atoms with Crippen LogP contribution in [0.1, 0.15) is 40.4 Å². The Kier molecular flexibility index (Phi) is 5.87. The summed E-state index contributed by atoms with van der Waals surface area (Å²) in [4.78, 5) is 38.5. The zero-order valence-electron chi connectivity index (χ0n) is 17.0. The molecule has 0 saturated carbocycles. The number of hydrogen-bond acceptors (Lipinski definition) is 5. The third kappa shape index (κ3) is 3.55. The molecule has 152 valence electrons. The van der Waals surface area contributed by atoms with Crippen LogP contribution in [0.25, 0.3) is 10.9 Å². The SMILES string of the molecule is CCOC(=O)c1c(OC)c2c(=O)n(CC(=O)c3ccccc3)c(CC)cc2n1C. The summed E-state index contributed by atoms with van der Waals surface area (Å²) in [6.07, 6.45) is 0.551. The van der Waals surface area contributed by atoms with Gasteiger partial charge in [-0.2, -0.15) is 0 Å². The predicted octanol–water partition coefficient (Wildman–Crippen LogP) is 2.97. The fraction of sp³-hybridized carbons (Fsp3) is 0.318. The van der Waals surface area contributed by atoms with E-state index in [0.717, 1.165) is 0 Å². The quantitative estimate of drug-likeness (QED) is 0.453. The van der Waals surface area contributed by atoms with E-state index in [1.54, 1.807) is 42.8 Å². The number of Topliss-reactive ketones (excluding diaryl/α,β-unsaturated/α-hetero) is 1. The van der Waals surface area contributed by atoms with Crippen LogP contribution in [-0.2, 0) is 24.8 Å². The summed E-state index contributed by atoms with van der Waals surface area (Å²) in [5.74, 6) is -0.566. The van der Waals surface area contributed by atoms with Crippen LogP contribution in [0.3, 0.4) is 0 Å². The van der Waals surface area contributed by atoms with Crippen LogP contribution in [0.4, 0.5) is 0 Å². The largest absolute Gasteiger partial charge is 0.493 e. The molecule has 0 saturated heterocycles. The smallest absolute Gasteiger partial charge is 0.358 e. The molecule has 0 aliphatic heterocycles. The Labute approximate surface area is 168 Å². The molecular weight excluding hydrogens is 372 g/mol. The van der Waals surface area contributed by atoms with Crippen LogP contribution >= 0.6 is 0 Å². The van der Waals surface area contributed by atoms with Crippen molar-refractivity contribution < 1.29 is 19.1 Å². The Morgan fingerprint density at radius 1 is 1.10 bits per heavy atom. The molecule has 0 bridgehead atoms. The summed E-state index contributed by atoms with van der Waals surface area (Å²) in [5, 5.41) is 0.260. The molecule has 2 heterocycles. The Bertz CT molecular complexity index is 1130. The lowest BCUT2D eigenvalue weighted by Crippen LogP contribution is -2.27. The summed E-state index contributed by atoms with van der Waals surface area (Å²) >= 11 is 0. The number of hydrogen-bond donors (Lipinski definition) is 0. The first-order valence-corrected chi connectivity index (χ1v) is 9.48. The first-order chi connectivity index (χ1) is 13.9. The molecule has 0 radical (unpaired) electrons. The molecule has 29 heavy (non-hydrogen) atoms. The van der Waals surface area contributed by atoms with Crippen molar-refractivity contribution in [3.05, 3.63) is 63.7 Å². The highest BCUT2D eigenvalue weighted by molar-refractivity contribution is 6.02. The zero-order chi connectivity index (χ0) is 21.1. The number of nitrogens with zero attached hydrogens (tertiary/aromatic N) is 2. The summed E-state index contributed by atoms with van der Waals surface area (Å²) in [6, 6.07) is 10.7. The third-order valence-electron chi connectivity index (χ3n) is 4.94. The van der Waals surface area contributed by atoms with E-state index in [1.165, 1.54) is 11.7 Å². The van der Waals surface area contributed by atoms with Gasteiger partial charge in [0, 0.05) is 18.3 Å². The van der Waals surface area contributed by atoms with Gasteiger partial charge in [-0.3, -0.25) is 9.59 Å². The molecule has 1 aromatic carbocycles. The van der Waals surface area contributed by atoms with Crippen LogP contribution < -0.4 is 10.3 Å². The van der Waals surface area contributed by atoms with Crippen molar-refractivity contribution in [1.29, 1.82) is 0 Å². The van der Waals surface area contributed by atoms with Gasteiger partial charge in [0.1, 0.15) is 5.39 Å². The second-order valence-electron chi connectivity index (χ2n) is 6.59. The number of benzene rings is 1. The Hall–Kier alpha value is -3.35. The number of rotatable bonds is 7. The van der Waals surface area contributed by atoms with Crippen molar-refractivity contribution in [2.45, 2.75) is 26.8 Å². The van der Waals surface area contributed by atoms with Gasteiger partial charge in [0.05, 0.1) is 25.8 Å². The number of esters is 1. The van der Waals surface area contributed by atoms with E-state index in [-0.39, 0.29) is 41.3 Å². The number of pyridine rings is 1. The zero-order valence-corrected chi connectivity index (χ0v) is 17.0. The number of aromatic nitrogens is 2. The monoisotopic (exact) mass is 396 g/mol. The van der Waals surface area contributed by atoms with Crippen molar-refractivity contribution in [2.24, 2.45) is 7.05 Å². The molecule has 0 aliphatic rings. The normalized spacial score (nSPS) is 10.9. The second-order valence-corrected chi connectivity index (χ2v) is 6.59. The first kappa shape index (κ1) is 20.4. The van der Waals surface area contributed by atoms with Crippen LogP contribution in [0, 0.1) is 0 Å². The molecular formula is C22H24N2O5. The average molecular weight is 396 g/mol. The van der Waals surface area contributed by atoms with E-state index in [9.17, 15) is 14.4 Å². The van der Waals surface area contributed by atoms with Gasteiger partial charge in [-0.15, -0.1) is 0 Å². The van der Waals surface area contributed by atoms with Crippen LogP contribution in [0.15, 0.2) is 41.2 Å². The Balaban J connectivity index is 2.22. The molecule has 0 atom stereocenters. The number of carbonyl (C=O) groups excluding carboxylic acids is 2. The maximum atomic E-state index is 13.4. The lowest BCUT2D eigenvalue weighted by molar-refractivity contribution is 0.0512. The van der Waals surface area contributed by atoms with Gasteiger partial charge < -0.3 is 18.6 Å². The number of ether oxygens (including phenoxy) is 2. The van der Waals surface area contributed by atoms with Gasteiger partial charge in [0.25, 0.3) is 5.56 Å². The van der Waals surface area contributed by atoms with Crippen molar-refractivity contribution in [2.75, 3.05) is 13.7 Å². The van der Waals surface area contributed by atoms with Crippen LogP contribution in [-0.4, -0.2) is 34.6 Å². The van der Waals surface area contributed by atoms with Crippen molar-refractivity contribution in [1.82, 2.24) is 9.13 Å². The molecule has 0 amide bonds. The van der Waals surface area contributed by atoms with E-state index >= 15 is 0 Å². The van der Waals surface area contributed by atoms with Gasteiger partial charge >= 0.3 is 5.97 Å². The van der Waals surface area contributed by atoms with Crippen LogP contribution in [0.2, 0.25) is 0 Å². The molecule has 7 heteroatoms. The topological polar surface area (TPSA) is 79.5 Å². The third-order valence-corrected chi connectivity index (χ3v) is 4.94. The highest BCUT2D eigenvalue weighted by atomic mass is 16.5. The second kappa shape index (κ2) is 8.34. The molecule has 0 unspecified atom stereocenters. The Morgan fingerprint density at radius 2 is 1.79 bits per heavy atom. The van der Waals surface area contributed by atoms with Gasteiger partial charge in [0.15, 0.2) is 17.2 Å². The molecule has 7 nitrogen and oxygen atoms in total. The summed E-state index contributed by atoms with van der Waals surface area (Å²) in [5.41, 5.74) is 1.61. The van der Waals surface area contributed by atoms with Crippen LogP contribution in [0.5, 0.6) is 5.75 Å². The fourth-order valence-electron chi connectivity index (χ4n) is 3.51. The lowest BCUT2D eigenvalue weighted by atomic mass is 10.1. The highest BCUT2D eigenvalue weighted by Gasteiger charge is 2.27. The minimum absolute atomic E-state index is 0.0885. The maximum absolute atomic E-state index is 13.4. The molecule has 0 spiro atoms. The predicted molar refractivity (Wildman–Crippen MR) is 110 cm³/mol. The highest BCUT2D eigenvalue weighted by Crippen LogP contribution is 2.31. The number of ketones is 1. The van der Waals surface area contributed by atoms with E-state index in [1.807, 2.05) is 19.1 Å². The number of fused-ring (bicyclic) bond motifs is 1. The van der Waals surface area contributed by atoms with Crippen molar-refractivity contribution in [3.63, 3.8) is 0 Å². The van der Waals surface area contributed by atoms with Crippen molar-refractivity contribution in [3.8, 4) is 5.75 Å². The van der Waals surface area contributed by atoms with Gasteiger partial charge in [0.2, 0.25) is 0 Å². The van der Waals surface area contributed by atoms with Gasteiger partial charge in [-0.1, -0.05) is 37.3 Å². The maximum Gasteiger partial charge on any atom is 0.358 e. The number of aryl methyl sites for hydroxylation is 2. The van der Waals surface area contributed by atoms with Crippen molar-refractivity contribution >= 4 is 22.7 Å². The standard InChI is InChI=1S/C22H24N2O5/c1-5-15-12-16-18(20(28-4)19(23(16)3)22(27)29-6-2)21(26)24(15)13-17(25)14-10-8-7-9-11-14/h7-12H,5-6,13H2,1-4H3. The Morgan fingerprint density at radius 3 is 2.38 bits per heavy atom. The van der Waals surface area contributed by atoms with E-state index in [2.05, 4.69) is 0 Å². The summed E-state index contributed by atoms with van der Waals surface area (Å²) < 4.78 is 13.6. The molecule has 0 fully saturated rings. The molecule has 0 N–H and O–H groups in total. The van der Waals surface area contributed by atoms with E-state index in [4.69, 9.17) is 9.47 Å². The summed E-state index contributed by atoms with van der Waals surface area (Å²) in [7, 11) is 3.10. The molecule has 3 rings (SSSR count). The average Bonchev–Trinajstić information content (AvgIpc) is 3.02. The lowest BCUT2D eigenvalue weighted by Gasteiger charge is -2.12. The van der Waals surface area contributed by atoms with Gasteiger partial charge in [-0.05, 0) is 19.4 Å². The molecule has 3 aromatic rings. The summed E-state index contributed by atoms with van der Waals surface area (Å²) in [6.45, 7) is 3.75.